The molecule has 3 aliphatic rings. The maximum Gasteiger partial charge on any atom is 0.230 e. The van der Waals surface area contributed by atoms with Crippen molar-refractivity contribution in [3.63, 3.8) is 0 Å². The van der Waals surface area contributed by atoms with Crippen LogP contribution in [0.3, 0.4) is 0 Å². The van der Waals surface area contributed by atoms with Crippen LogP contribution in [0.4, 0.5) is 17.7 Å². The fourth-order valence-corrected chi connectivity index (χ4v) is 4.21. The second kappa shape index (κ2) is 8.00. The molecular formula is C22H25N9O2. The van der Waals surface area contributed by atoms with Crippen LogP contribution in [0, 0.1) is 0 Å². The van der Waals surface area contributed by atoms with Crippen molar-refractivity contribution in [3.05, 3.63) is 41.7 Å². The summed E-state index contributed by atoms with van der Waals surface area (Å²) in [7, 11) is 0. The highest BCUT2D eigenvalue weighted by atomic mass is 16.3. The van der Waals surface area contributed by atoms with Crippen LogP contribution in [0.25, 0.3) is 11.7 Å². The Morgan fingerprint density at radius 3 is 2.64 bits per heavy atom. The Morgan fingerprint density at radius 1 is 1.12 bits per heavy atom. The summed E-state index contributed by atoms with van der Waals surface area (Å²) in [6.07, 6.45) is 6.73. The van der Waals surface area contributed by atoms with Gasteiger partial charge in [-0.1, -0.05) is 6.07 Å². The van der Waals surface area contributed by atoms with Crippen molar-refractivity contribution in [2.45, 2.75) is 31.5 Å². The monoisotopic (exact) mass is 447 g/mol. The average molecular weight is 448 g/mol. The zero-order valence-electron chi connectivity index (χ0n) is 18.1. The average Bonchev–Trinajstić information content (AvgIpc) is 3.47. The Bertz CT molecular complexity index is 1210. The number of carbonyl (C=O) groups is 1. The summed E-state index contributed by atoms with van der Waals surface area (Å²) in [5.74, 6) is 2.10. The van der Waals surface area contributed by atoms with Gasteiger partial charge in [-0.15, -0.1) is 0 Å². The summed E-state index contributed by atoms with van der Waals surface area (Å²) < 4.78 is 1.70. The third-order valence-electron chi connectivity index (χ3n) is 6.18. The molecule has 6 rings (SSSR count). The second-order valence-corrected chi connectivity index (χ2v) is 8.63. The molecule has 170 valence electrons. The predicted octanol–water partition coefficient (Wildman–Crippen LogP) is 0.642. The van der Waals surface area contributed by atoms with Crippen LogP contribution < -0.4 is 20.4 Å². The fraction of sp³-hybridized carbons (Fsp3) is 0.409. The number of fused-ring (bicyclic) bond motifs is 1. The zero-order chi connectivity index (χ0) is 22.4. The highest BCUT2D eigenvalue weighted by molar-refractivity contribution is 5.85. The highest BCUT2D eigenvalue weighted by Crippen LogP contribution is 2.27. The van der Waals surface area contributed by atoms with Crippen molar-refractivity contribution in [3.8, 4) is 0 Å². The van der Waals surface area contributed by atoms with Gasteiger partial charge in [0.05, 0.1) is 12.6 Å². The summed E-state index contributed by atoms with van der Waals surface area (Å²) in [6, 6.07) is 6.36. The number of carbonyl (C=O) groups excluding carboxylic acids is 1. The number of rotatable bonds is 5. The summed E-state index contributed by atoms with van der Waals surface area (Å²) in [4.78, 5) is 30.2. The van der Waals surface area contributed by atoms with E-state index < -0.39 is 6.23 Å². The van der Waals surface area contributed by atoms with E-state index in [-0.39, 0.29) is 12.3 Å². The van der Waals surface area contributed by atoms with Crippen molar-refractivity contribution in [1.29, 1.82) is 0 Å². The topological polar surface area (TPSA) is 124 Å². The van der Waals surface area contributed by atoms with Crippen molar-refractivity contribution < 1.29 is 9.90 Å². The summed E-state index contributed by atoms with van der Waals surface area (Å²) in [5.41, 5.74) is 2.00. The third-order valence-corrected chi connectivity index (χ3v) is 6.18. The van der Waals surface area contributed by atoms with Gasteiger partial charge >= 0.3 is 0 Å². The molecule has 1 aliphatic carbocycles. The molecule has 11 nitrogen and oxygen atoms in total. The molecule has 2 saturated heterocycles. The van der Waals surface area contributed by atoms with E-state index in [1.807, 2.05) is 24.4 Å². The molecular weight excluding hydrogens is 422 g/mol. The van der Waals surface area contributed by atoms with E-state index in [9.17, 15) is 9.90 Å². The summed E-state index contributed by atoms with van der Waals surface area (Å²) in [5, 5.41) is 20.6. The Labute approximate surface area is 190 Å². The Balaban J connectivity index is 1.31. The summed E-state index contributed by atoms with van der Waals surface area (Å²) >= 11 is 0. The largest absolute Gasteiger partial charge is 0.370 e. The minimum absolute atomic E-state index is 0.166. The van der Waals surface area contributed by atoms with E-state index in [2.05, 4.69) is 30.5 Å². The first-order valence-electron chi connectivity index (χ1n) is 11.3. The standard InChI is InChI=1S/C22H25N9O2/c32-18-12-14(20(33)26-18)11-15-13-24-31-19(15)27-21(28-22(31)25-16-4-5-16)30-9-7-29(8-10-30)17-3-1-2-6-23-17/h1-3,6,11,13,16,20,33H,4-5,7-10,12H2,(H,26,32)(H,25,27,28). The molecule has 5 heterocycles. The quantitative estimate of drug-likeness (QED) is 0.517. The molecule has 33 heavy (non-hydrogen) atoms. The highest BCUT2D eigenvalue weighted by Gasteiger charge is 2.28. The van der Waals surface area contributed by atoms with Gasteiger partial charge in [0.1, 0.15) is 12.0 Å². The molecule has 1 saturated carbocycles. The van der Waals surface area contributed by atoms with Crippen LogP contribution in [0.2, 0.25) is 0 Å². The van der Waals surface area contributed by atoms with Crippen LogP contribution in [-0.4, -0.2) is 74.0 Å². The molecule has 1 unspecified atom stereocenters. The normalized spacial score (nSPS) is 22.3. The van der Waals surface area contributed by atoms with Crippen molar-refractivity contribution in [2.24, 2.45) is 0 Å². The van der Waals surface area contributed by atoms with Gasteiger partial charge in [-0.05, 0) is 36.6 Å². The van der Waals surface area contributed by atoms with Gasteiger partial charge in [0.15, 0.2) is 5.65 Å². The summed E-state index contributed by atoms with van der Waals surface area (Å²) in [6.45, 7) is 3.20. The van der Waals surface area contributed by atoms with E-state index >= 15 is 0 Å². The molecule has 1 atom stereocenters. The second-order valence-electron chi connectivity index (χ2n) is 8.63. The van der Waals surface area contributed by atoms with E-state index in [0.717, 1.165) is 50.4 Å². The van der Waals surface area contributed by atoms with Crippen molar-refractivity contribution in [2.75, 3.05) is 41.3 Å². The van der Waals surface area contributed by atoms with Gasteiger partial charge in [-0.3, -0.25) is 4.79 Å². The van der Waals surface area contributed by atoms with Gasteiger partial charge in [0.2, 0.25) is 17.8 Å². The van der Waals surface area contributed by atoms with Crippen molar-refractivity contribution >= 4 is 35.3 Å². The molecule has 11 heteroatoms. The Hall–Kier alpha value is -3.73. The van der Waals surface area contributed by atoms with E-state index in [1.165, 1.54) is 0 Å². The number of nitrogens with one attached hydrogen (secondary N) is 2. The molecule has 0 bridgehead atoms. The van der Waals surface area contributed by atoms with Crippen LogP contribution in [0.1, 0.15) is 24.8 Å². The molecule has 3 N–H and O–H groups in total. The lowest BCUT2D eigenvalue weighted by Gasteiger charge is -2.35. The first kappa shape index (κ1) is 19.9. The lowest BCUT2D eigenvalue weighted by atomic mass is 10.1. The maximum absolute atomic E-state index is 11.6. The number of aliphatic hydroxyl groups excluding tert-OH is 1. The predicted molar refractivity (Wildman–Crippen MR) is 123 cm³/mol. The molecule has 3 aromatic rings. The number of aromatic nitrogens is 5. The van der Waals surface area contributed by atoms with Gasteiger partial charge in [0.25, 0.3) is 0 Å². The number of nitrogens with zero attached hydrogens (tertiary/aromatic N) is 7. The number of hydrogen-bond donors (Lipinski definition) is 3. The molecule has 3 aromatic heterocycles. The zero-order valence-corrected chi connectivity index (χ0v) is 18.1. The van der Waals surface area contributed by atoms with Gasteiger partial charge in [0, 0.05) is 44.0 Å². The lowest BCUT2D eigenvalue weighted by Crippen LogP contribution is -2.47. The van der Waals surface area contributed by atoms with Crippen molar-refractivity contribution in [1.82, 2.24) is 29.9 Å². The van der Waals surface area contributed by atoms with E-state index in [4.69, 9.17) is 9.97 Å². The third kappa shape index (κ3) is 3.95. The SMILES string of the molecule is O=C1CC(=Cc2cnn3c(NC4CC4)nc(N4CCN(c5ccccn5)CC4)nc23)C(O)N1. The van der Waals surface area contributed by atoms with Crippen LogP contribution in [0.5, 0.6) is 0 Å². The molecule has 1 amide bonds. The Kier molecular flexibility index (Phi) is 4.83. The first-order valence-corrected chi connectivity index (χ1v) is 11.3. The number of amides is 1. The number of aliphatic hydroxyl groups is 1. The number of pyridine rings is 1. The maximum atomic E-state index is 11.6. The van der Waals surface area contributed by atoms with E-state index in [1.54, 1.807) is 16.8 Å². The van der Waals surface area contributed by atoms with E-state index in [0.29, 0.717) is 29.2 Å². The Morgan fingerprint density at radius 2 is 1.94 bits per heavy atom. The minimum Gasteiger partial charge on any atom is -0.370 e. The molecule has 2 aliphatic heterocycles. The number of hydrogen-bond acceptors (Lipinski definition) is 9. The van der Waals surface area contributed by atoms with Crippen LogP contribution in [0.15, 0.2) is 36.2 Å². The lowest BCUT2D eigenvalue weighted by molar-refractivity contribution is -0.120. The molecule has 0 radical (unpaired) electrons. The number of anilines is 3. The van der Waals surface area contributed by atoms with Gasteiger partial charge in [-0.25, -0.2) is 4.98 Å². The first-order chi connectivity index (χ1) is 16.1. The smallest absolute Gasteiger partial charge is 0.230 e. The van der Waals surface area contributed by atoms with Gasteiger partial charge in [-0.2, -0.15) is 19.6 Å². The molecule has 0 aromatic carbocycles. The minimum atomic E-state index is -0.975. The van der Waals surface area contributed by atoms with Crippen LogP contribution >= 0.6 is 0 Å². The molecule has 3 fully saturated rings. The fourth-order valence-electron chi connectivity index (χ4n) is 4.21. The van der Waals surface area contributed by atoms with Gasteiger partial charge < -0.3 is 25.5 Å². The molecule has 0 spiro atoms. The number of piperazine rings is 1. The van der Waals surface area contributed by atoms with Crippen LogP contribution in [-0.2, 0) is 4.79 Å².